The first-order chi connectivity index (χ1) is 12.8. The van der Waals surface area contributed by atoms with E-state index in [2.05, 4.69) is 27.3 Å². The van der Waals surface area contributed by atoms with Gasteiger partial charge in [-0.05, 0) is 43.0 Å². The molecule has 1 N–H and O–H groups in total. The van der Waals surface area contributed by atoms with Crippen LogP contribution in [0, 0.1) is 0 Å². The molecule has 7 nitrogen and oxygen atoms in total. The van der Waals surface area contributed by atoms with Gasteiger partial charge < -0.3 is 13.9 Å². The second kappa shape index (κ2) is 7.88. The first kappa shape index (κ1) is 17.1. The molecule has 1 amide bonds. The zero-order valence-corrected chi connectivity index (χ0v) is 14.6. The van der Waals surface area contributed by atoms with Crippen molar-refractivity contribution in [3.8, 4) is 0 Å². The Kier molecular flexibility index (Phi) is 5.17. The summed E-state index contributed by atoms with van der Waals surface area (Å²) in [7, 11) is 0. The van der Waals surface area contributed by atoms with Crippen molar-refractivity contribution in [2.45, 2.75) is 31.4 Å². The number of carbonyl (C=O) groups excluding carboxylic acids is 1. The Bertz CT molecular complexity index is 713. The number of amides is 1. The van der Waals surface area contributed by atoms with Gasteiger partial charge in [0.1, 0.15) is 0 Å². The molecule has 2 fully saturated rings. The lowest BCUT2D eigenvalue weighted by molar-refractivity contribution is -0.0721. The van der Waals surface area contributed by atoms with Gasteiger partial charge in [0.25, 0.3) is 0 Å². The van der Waals surface area contributed by atoms with Crippen LogP contribution < -0.4 is 5.32 Å². The minimum absolute atomic E-state index is 0.0622. The number of nitrogens with zero attached hydrogens (tertiary/aromatic N) is 2. The third kappa shape index (κ3) is 4.05. The lowest BCUT2D eigenvalue weighted by Gasteiger charge is -2.42. The van der Waals surface area contributed by atoms with Gasteiger partial charge in [-0.15, -0.1) is 0 Å². The smallest absolute Gasteiger partial charge is 0.412 e. The Morgan fingerprint density at radius 3 is 2.85 bits per heavy atom. The molecule has 2 saturated heterocycles. The van der Waals surface area contributed by atoms with Gasteiger partial charge >= 0.3 is 6.09 Å². The monoisotopic (exact) mass is 357 g/mol. The zero-order chi connectivity index (χ0) is 17.8. The average Bonchev–Trinajstić information content (AvgIpc) is 3.13. The third-order valence-electron chi connectivity index (χ3n) is 5.05. The van der Waals surface area contributed by atoms with Gasteiger partial charge in [-0.25, -0.2) is 9.78 Å². The predicted molar refractivity (Wildman–Crippen MR) is 94.9 cm³/mol. The number of aromatic nitrogens is 1. The van der Waals surface area contributed by atoms with Crippen LogP contribution in [0.5, 0.6) is 0 Å². The van der Waals surface area contributed by atoms with Crippen molar-refractivity contribution in [2.24, 2.45) is 0 Å². The molecule has 138 valence electrons. The molecular formula is C19H23N3O4. The summed E-state index contributed by atoms with van der Waals surface area (Å²) in [5.74, 6) is 1.05. The van der Waals surface area contributed by atoms with E-state index >= 15 is 0 Å². The molecule has 0 aliphatic carbocycles. The van der Waals surface area contributed by atoms with Crippen molar-refractivity contribution in [1.29, 1.82) is 0 Å². The Morgan fingerprint density at radius 2 is 2.15 bits per heavy atom. The molecule has 7 heteroatoms. The lowest BCUT2D eigenvalue weighted by atomic mass is 9.89. The normalized spacial score (nSPS) is 21.2. The minimum Gasteiger partial charge on any atom is -0.445 e. The quantitative estimate of drug-likeness (QED) is 0.886. The van der Waals surface area contributed by atoms with Crippen LogP contribution in [0.4, 0.5) is 10.5 Å². The van der Waals surface area contributed by atoms with Crippen LogP contribution in [0.25, 0.3) is 0 Å². The molecule has 2 aliphatic rings. The van der Waals surface area contributed by atoms with Crippen LogP contribution in [0.3, 0.4) is 0 Å². The molecule has 4 rings (SSSR count). The molecule has 2 aromatic rings. The van der Waals surface area contributed by atoms with Gasteiger partial charge in [0, 0.05) is 12.2 Å². The van der Waals surface area contributed by atoms with Gasteiger partial charge in [0.15, 0.2) is 18.8 Å². The molecule has 26 heavy (non-hydrogen) atoms. The molecule has 0 saturated carbocycles. The Morgan fingerprint density at radius 1 is 1.31 bits per heavy atom. The van der Waals surface area contributed by atoms with Crippen molar-refractivity contribution in [3.05, 3.63) is 48.2 Å². The van der Waals surface area contributed by atoms with E-state index in [0.29, 0.717) is 17.7 Å². The number of hydrogen-bond donors (Lipinski definition) is 1. The number of ether oxygens (including phenoxy) is 2. The molecule has 0 spiro atoms. The largest absolute Gasteiger partial charge is 0.445 e. The summed E-state index contributed by atoms with van der Waals surface area (Å²) < 4.78 is 15.4. The van der Waals surface area contributed by atoms with Crippen molar-refractivity contribution in [1.82, 2.24) is 9.88 Å². The van der Waals surface area contributed by atoms with Crippen molar-refractivity contribution < 1.29 is 18.7 Å². The summed E-state index contributed by atoms with van der Waals surface area (Å²) in [6.45, 7) is 4.05. The number of anilines is 1. The summed E-state index contributed by atoms with van der Waals surface area (Å²) in [6.07, 6.45) is 4.74. The fourth-order valence-electron chi connectivity index (χ4n) is 3.49. The second-order valence-electron chi connectivity index (χ2n) is 6.82. The van der Waals surface area contributed by atoms with E-state index in [1.807, 2.05) is 12.1 Å². The molecule has 1 atom stereocenters. The summed E-state index contributed by atoms with van der Waals surface area (Å²) in [4.78, 5) is 18.2. The number of oxazole rings is 1. The van der Waals surface area contributed by atoms with Crippen LogP contribution in [0.2, 0.25) is 0 Å². The van der Waals surface area contributed by atoms with Gasteiger partial charge in [-0.2, -0.15) is 0 Å². The maximum absolute atomic E-state index is 11.8. The van der Waals surface area contributed by atoms with Crippen LogP contribution in [0.15, 0.2) is 41.3 Å². The second-order valence-corrected chi connectivity index (χ2v) is 6.82. The van der Waals surface area contributed by atoms with E-state index in [4.69, 9.17) is 13.9 Å². The number of benzene rings is 1. The summed E-state index contributed by atoms with van der Waals surface area (Å²) in [6, 6.07) is 8.64. The van der Waals surface area contributed by atoms with Crippen LogP contribution in [-0.2, 0) is 16.1 Å². The number of piperidine rings is 1. The number of likely N-dealkylation sites (tertiary alicyclic amines) is 1. The fourth-order valence-corrected chi connectivity index (χ4v) is 3.49. The van der Waals surface area contributed by atoms with E-state index < -0.39 is 6.09 Å². The minimum atomic E-state index is -0.511. The Balaban J connectivity index is 1.29. The molecule has 1 aromatic carbocycles. The van der Waals surface area contributed by atoms with Crippen LogP contribution in [-0.4, -0.2) is 48.3 Å². The van der Waals surface area contributed by atoms with E-state index in [0.717, 1.165) is 25.4 Å². The maximum Gasteiger partial charge on any atom is 0.412 e. The third-order valence-corrected chi connectivity index (χ3v) is 5.05. The molecule has 3 heterocycles. The lowest BCUT2D eigenvalue weighted by Crippen LogP contribution is -2.52. The van der Waals surface area contributed by atoms with Gasteiger partial charge in [-0.1, -0.05) is 12.1 Å². The van der Waals surface area contributed by atoms with E-state index in [-0.39, 0.29) is 6.61 Å². The highest BCUT2D eigenvalue weighted by molar-refractivity contribution is 5.84. The molecule has 2 aliphatic heterocycles. The highest BCUT2D eigenvalue weighted by Gasteiger charge is 2.30. The standard InChI is InChI=1S/C19H23N3O4/c23-19(25-12-18-8-20-13-26-18)21-16-5-3-14(4-6-16)15-2-1-7-22(9-15)17-10-24-11-17/h3-6,8,13,15,17H,1-2,7,9-12H2,(H,21,23)/t15-/m1/s1. The topological polar surface area (TPSA) is 76.8 Å². The fraction of sp³-hybridized carbons (Fsp3) is 0.474. The molecule has 0 radical (unpaired) electrons. The first-order valence-corrected chi connectivity index (χ1v) is 9.01. The molecular weight excluding hydrogens is 334 g/mol. The average molecular weight is 357 g/mol. The van der Waals surface area contributed by atoms with Crippen molar-refractivity contribution in [2.75, 3.05) is 31.6 Å². The number of nitrogens with one attached hydrogen (secondary N) is 1. The molecule has 0 unspecified atom stereocenters. The van der Waals surface area contributed by atoms with Gasteiger partial charge in [0.05, 0.1) is 25.5 Å². The van der Waals surface area contributed by atoms with Crippen molar-refractivity contribution >= 4 is 11.8 Å². The number of hydrogen-bond acceptors (Lipinski definition) is 6. The summed E-state index contributed by atoms with van der Waals surface area (Å²) >= 11 is 0. The summed E-state index contributed by atoms with van der Waals surface area (Å²) in [5, 5.41) is 2.73. The Hall–Kier alpha value is -2.38. The van der Waals surface area contributed by atoms with E-state index in [1.165, 1.54) is 37.5 Å². The highest BCUT2D eigenvalue weighted by Crippen LogP contribution is 2.30. The maximum atomic E-state index is 11.8. The number of rotatable bonds is 5. The Labute approximate surface area is 152 Å². The molecule has 0 bridgehead atoms. The summed E-state index contributed by atoms with van der Waals surface area (Å²) in [5.41, 5.74) is 2.03. The number of carbonyl (C=O) groups is 1. The first-order valence-electron chi connectivity index (χ1n) is 9.01. The van der Waals surface area contributed by atoms with Gasteiger partial charge in [0.2, 0.25) is 0 Å². The van der Waals surface area contributed by atoms with Crippen LogP contribution in [0.1, 0.15) is 30.1 Å². The van der Waals surface area contributed by atoms with E-state index in [9.17, 15) is 4.79 Å². The van der Waals surface area contributed by atoms with Crippen molar-refractivity contribution in [3.63, 3.8) is 0 Å². The highest BCUT2D eigenvalue weighted by atomic mass is 16.6. The van der Waals surface area contributed by atoms with Gasteiger partial charge in [-0.3, -0.25) is 10.2 Å². The predicted octanol–water partition coefficient (Wildman–Crippen LogP) is 3.00. The van der Waals surface area contributed by atoms with E-state index in [1.54, 1.807) is 0 Å². The van der Waals surface area contributed by atoms with Crippen LogP contribution >= 0.6 is 0 Å². The SMILES string of the molecule is O=C(Nc1ccc([C@@H]2CCCN(C3COC3)C2)cc1)OCc1cnco1. The zero-order valence-electron chi connectivity index (χ0n) is 14.6. The molecule has 1 aromatic heterocycles.